The minimum Gasteiger partial charge on any atom is -0.396 e. The smallest absolute Gasteiger partial charge is 0.220 e. The Morgan fingerprint density at radius 3 is 2.52 bits per heavy atom. The summed E-state index contributed by atoms with van der Waals surface area (Å²) in [6.45, 7) is 6.61. The van der Waals surface area contributed by atoms with E-state index in [4.69, 9.17) is 5.11 Å². The molecule has 0 saturated carbocycles. The van der Waals surface area contributed by atoms with Crippen LogP contribution in [0, 0.1) is 19.8 Å². The van der Waals surface area contributed by atoms with Crippen molar-refractivity contribution in [3.63, 3.8) is 0 Å². The second-order valence-electron chi connectivity index (χ2n) is 5.64. The second-order valence-corrected chi connectivity index (χ2v) is 5.64. The van der Waals surface area contributed by atoms with E-state index in [2.05, 4.69) is 5.32 Å². The monoisotopic (exact) mass is 291 g/mol. The number of carbonyl (C=O) groups excluding carboxylic acids is 2. The van der Waals surface area contributed by atoms with E-state index >= 15 is 0 Å². The lowest BCUT2D eigenvalue weighted by atomic mass is 10.0. The molecule has 0 bridgehead atoms. The number of hydrogen-bond acceptors (Lipinski definition) is 3. The van der Waals surface area contributed by atoms with Crippen LogP contribution in [0.25, 0.3) is 0 Å². The minimum atomic E-state index is -0.114. The molecule has 0 radical (unpaired) electrons. The van der Waals surface area contributed by atoms with Gasteiger partial charge < -0.3 is 10.4 Å². The van der Waals surface area contributed by atoms with Crippen LogP contribution < -0.4 is 5.32 Å². The molecule has 1 aromatic rings. The van der Waals surface area contributed by atoms with Gasteiger partial charge in [0.25, 0.3) is 0 Å². The van der Waals surface area contributed by atoms with Gasteiger partial charge in [0.15, 0.2) is 5.78 Å². The topological polar surface area (TPSA) is 66.4 Å². The van der Waals surface area contributed by atoms with Crippen LogP contribution in [0.4, 0.5) is 0 Å². The van der Waals surface area contributed by atoms with Crippen LogP contribution in [0.5, 0.6) is 0 Å². The van der Waals surface area contributed by atoms with Crippen molar-refractivity contribution in [3.05, 3.63) is 34.9 Å². The molecule has 0 spiro atoms. The molecule has 116 valence electrons. The van der Waals surface area contributed by atoms with Crippen molar-refractivity contribution in [2.75, 3.05) is 13.2 Å². The number of benzene rings is 1. The normalized spacial score (nSPS) is 12.0. The lowest BCUT2D eigenvalue weighted by molar-refractivity contribution is -0.121. The van der Waals surface area contributed by atoms with E-state index in [0.717, 1.165) is 11.1 Å². The number of aliphatic hydroxyl groups excluding tert-OH is 1. The van der Waals surface area contributed by atoms with Gasteiger partial charge in [0, 0.05) is 31.6 Å². The zero-order chi connectivity index (χ0) is 15.8. The number of hydrogen-bond donors (Lipinski definition) is 2. The summed E-state index contributed by atoms with van der Waals surface area (Å²) in [4.78, 5) is 23.7. The first-order valence-electron chi connectivity index (χ1n) is 7.42. The fraction of sp³-hybridized carbons (Fsp3) is 0.529. The molecular weight excluding hydrogens is 266 g/mol. The zero-order valence-corrected chi connectivity index (χ0v) is 13.1. The first kappa shape index (κ1) is 17.4. The van der Waals surface area contributed by atoms with Gasteiger partial charge >= 0.3 is 0 Å². The molecule has 4 nitrogen and oxygen atoms in total. The second kappa shape index (κ2) is 8.57. The molecule has 1 unspecified atom stereocenters. The number of rotatable bonds is 8. The third-order valence-corrected chi connectivity index (χ3v) is 3.68. The average Bonchev–Trinajstić information content (AvgIpc) is 2.45. The summed E-state index contributed by atoms with van der Waals surface area (Å²) < 4.78 is 0. The molecule has 0 fully saturated rings. The molecule has 4 heteroatoms. The van der Waals surface area contributed by atoms with Gasteiger partial charge in [-0.15, -0.1) is 0 Å². The van der Waals surface area contributed by atoms with Gasteiger partial charge in [-0.2, -0.15) is 0 Å². The minimum absolute atomic E-state index is 0.00310. The molecule has 21 heavy (non-hydrogen) atoms. The summed E-state index contributed by atoms with van der Waals surface area (Å²) in [5, 5.41) is 11.6. The van der Waals surface area contributed by atoms with Crippen molar-refractivity contribution in [2.45, 2.75) is 40.0 Å². The SMILES string of the molecule is Cc1ccc(C(=O)CCC(=O)NCC(C)CCO)cc1C. The van der Waals surface area contributed by atoms with Crippen LogP contribution >= 0.6 is 0 Å². The summed E-state index contributed by atoms with van der Waals surface area (Å²) in [7, 11) is 0. The number of ketones is 1. The summed E-state index contributed by atoms with van der Waals surface area (Å²) in [6.07, 6.45) is 1.10. The Bertz CT molecular complexity index is 497. The van der Waals surface area contributed by atoms with Gasteiger partial charge in [-0.3, -0.25) is 9.59 Å². The van der Waals surface area contributed by atoms with Crippen molar-refractivity contribution in [3.8, 4) is 0 Å². The van der Waals surface area contributed by atoms with E-state index in [9.17, 15) is 9.59 Å². The largest absolute Gasteiger partial charge is 0.396 e. The Kier molecular flexibility index (Phi) is 7.09. The molecule has 1 atom stereocenters. The van der Waals surface area contributed by atoms with E-state index in [1.807, 2.05) is 39.0 Å². The third-order valence-electron chi connectivity index (χ3n) is 3.68. The van der Waals surface area contributed by atoms with Crippen LogP contribution in [-0.4, -0.2) is 29.9 Å². The van der Waals surface area contributed by atoms with Crippen molar-refractivity contribution in [1.82, 2.24) is 5.32 Å². The van der Waals surface area contributed by atoms with Crippen LogP contribution in [0.1, 0.15) is 47.7 Å². The van der Waals surface area contributed by atoms with Crippen LogP contribution in [0.15, 0.2) is 18.2 Å². The molecule has 2 N–H and O–H groups in total. The lowest BCUT2D eigenvalue weighted by Gasteiger charge is -2.11. The highest BCUT2D eigenvalue weighted by molar-refractivity contribution is 5.98. The highest BCUT2D eigenvalue weighted by Gasteiger charge is 2.11. The fourth-order valence-corrected chi connectivity index (χ4v) is 1.99. The molecule has 0 aliphatic rings. The van der Waals surface area contributed by atoms with E-state index in [1.54, 1.807) is 0 Å². The predicted molar refractivity (Wildman–Crippen MR) is 83.4 cm³/mol. The summed E-state index contributed by atoms with van der Waals surface area (Å²) in [6, 6.07) is 5.62. The van der Waals surface area contributed by atoms with Gasteiger partial charge in [0.2, 0.25) is 5.91 Å². The fourth-order valence-electron chi connectivity index (χ4n) is 1.99. The molecule has 0 aromatic heterocycles. The van der Waals surface area contributed by atoms with Gasteiger partial charge in [0.05, 0.1) is 0 Å². The Balaban J connectivity index is 2.38. The number of nitrogens with one attached hydrogen (secondary N) is 1. The Morgan fingerprint density at radius 1 is 1.19 bits per heavy atom. The number of Topliss-reactive ketones (excluding diaryl/α,β-unsaturated/α-hetero) is 1. The molecular formula is C17H25NO3. The van der Waals surface area contributed by atoms with Crippen LogP contribution in [-0.2, 0) is 4.79 Å². The van der Waals surface area contributed by atoms with E-state index < -0.39 is 0 Å². The molecule has 1 amide bonds. The lowest BCUT2D eigenvalue weighted by Crippen LogP contribution is -2.28. The Labute approximate surface area is 126 Å². The van der Waals surface area contributed by atoms with Crippen molar-refractivity contribution in [1.29, 1.82) is 0 Å². The molecule has 1 aromatic carbocycles. The van der Waals surface area contributed by atoms with Gasteiger partial charge in [-0.05, 0) is 43.4 Å². The standard InChI is InChI=1S/C17H25NO3/c1-12(8-9-19)11-18-17(21)7-6-16(20)15-5-4-13(2)14(3)10-15/h4-5,10,12,19H,6-9,11H2,1-3H3,(H,18,21). The van der Waals surface area contributed by atoms with Gasteiger partial charge in [-0.1, -0.05) is 19.1 Å². The quantitative estimate of drug-likeness (QED) is 0.723. The van der Waals surface area contributed by atoms with Gasteiger partial charge in [-0.25, -0.2) is 0 Å². The van der Waals surface area contributed by atoms with Crippen molar-refractivity contribution >= 4 is 11.7 Å². The summed E-state index contributed by atoms with van der Waals surface area (Å²) >= 11 is 0. The molecule has 1 rings (SSSR count). The average molecular weight is 291 g/mol. The number of aryl methyl sites for hydroxylation is 2. The Morgan fingerprint density at radius 2 is 1.90 bits per heavy atom. The molecule has 0 saturated heterocycles. The highest BCUT2D eigenvalue weighted by atomic mass is 16.3. The number of amides is 1. The maximum atomic E-state index is 12.0. The number of aliphatic hydroxyl groups is 1. The Hall–Kier alpha value is -1.68. The predicted octanol–water partition coefficient (Wildman–Crippen LogP) is 2.40. The van der Waals surface area contributed by atoms with Crippen molar-refractivity contribution < 1.29 is 14.7 Å². The first-order chi connectivity index (χ1) is 9.93. The van der Waals surface area contributed by atoms with Gasteiger partial charge in [0.1, 0.15) is 0 Å². The maximum absolute atomic E-state index is 12.0. The summed E-state index contributed by atoms with van der Waals surface area (Å²) in [5.41, 5.74) is 2.91. The van der Waals surface area contributed by atoms with Crippen LogP contribution in [0.2, 0.25) is 0 Å². The van der Waals surface area contributed by atoms with E-state index in [-0.39, 0.29) is 37.1 Å². The summed E-state index contributed by atoms with van der Waals surface area (Å²) in [5.74, 6) is 0.128. The van der Waals surface area contributed by atoms with Crippen LogP contribution in [0.3, 0.4) is 0 Å². The molecule has 0 heterocycles. The zero-order valence-electron chi connectivity index (χ0n) is 13.1. The van der Waals surface area contributed by atoms with E-state index in [0.29, 0.717) is 18.5 Å². The van der Waals surface area contributed by atoms with E-state index in [1.165, 1.54) is 0 Å². The molecule has 0 aliphatic heterocycles. The molecule has 0 aliphatic carbocycles. The maximum Gasteiger partial charge on any atom is 0.220 e. The highest BCUT2D eigenvalue weighted by Crippen LogP contribution is 2.12. The number of carbonyl (C=O) groups is 2. The first-order valence-corrected chi connectivity index (χ1v) is 7.42. The third kappa shape index (κ3) is 6.08. The van der Waals surface area contributed by atoms with Crippen molar-refractivity contribution in [2.24, 2.45) is 5.92 Å².